The molecule has 3 heteroatoms. The molecule has 2 aliphatic carbocycles. The van der Waals surface area contributed by atoms with Crippen LogP contribution in [-0.2, 0) is 6.54 Å². The highest BCUT2D eigenvalue weighted by atomic mass is 16.5. The first-order valence-corrected chi connectivity index (χ1v) is 7.66. The van der Waals surface area contributed by atoms with E-state index in [0.717, 1.165) is 24.0 Å². The first-order valence-electron chi connectivity index (χ1n) is 7.66. The van der Waals surface area contributed by atoms with Gasteiger partial charge >= 0.3 is 0 Å². The van der Waals surface area contributed by atoms with Crippen molar-refractivity contribution in [3.63, 3.8) is 0 Å². The van der Waals surface area contributed by atoms with Crippen LogP contribution >= 0.6 is 0 Å². The van der Waals surface area contributed by atoms with Crippen molar-refractivity contribution in [1.82, 2.24) is 10.3 Å². The lowest BCUT2D eigenvalue weighted by atomic mass is 9.88. The molecule has 1 aromatic rings. The maximum Gasteiger partial charge on any atom is 0.123 e. The molecule has 3 rings (SSSR count). The smallest absolute Gasteiger partial charge is 0.123 e. The fraction of sp³-hybridized carbons (Fsp3) is 0.688. The second kappa shape index (κ2) is 5.91. The highest BCUT2D eigenvalue weighted by molar-refractivity contribution is 5.23. The summed E-state index contributed by atoms with van der Waals surface area (Å²) in [5, 5.41) is 3.49. The van der Waals surface area contributed by atoms with Gasteiger partial charge in [-0.1, -0.05) is 13.3 Å². The number of hydrogen-bond donors (Lipinski definition) is 1. The van der Waals surface area contributed by atoms with Crippen LogP contribution in [0.4, 0.5) is 0 Å². The third-order valence-electron chi connectivity index (χ3n) is 4.26. The zero-order valence-electron chi connectivity index (χ0n) is 11.8. The maximum atomic E-state index is 6.16. The number of nitrogens with zero attached hydrogens (tertiary/aromatic N) is 1. The van der Waals surface area contributed by atoms with E-state index in [1.807, 2.05) is 12.3 Å². The lowest BCUT2D eigenvalue weighted by Gasteiger charge is -2.29. The monoisotopic (exact) mass is 260 g/mol. The van der Waals surface area contributed by atoms with E-state index >= 15 is 0 Å². The second-order valence-corrected chi connectivity index (χ2v) is 6.06. The Kier molecular flexibility index (Phi) is 4.02. The molecule has 1 N–H and O–H groups in total. The van der Waals surface area contributed by atoms with Gasteiger partial charge in [0.1, 0.15) is 11.9 Å². The van der Waals surface area contributed by atoms with Crippen molar-refractivity contribution >= 4 is 0 Å². The molecule has 2 saturated carbocycles. The van der Waals surface area contributed by atoms with Crippen molar-refractivity contribution in [3.05, 3.63) is 24.0 Å². The molecule has 2 atom stereocenters. The van der Waals surface area contributed by atoms with Gasteiger partial charge in [0.25, 0.3) is 0 Å². The van der Waals surface area contributed by atoms with Crippen LogP contribution < -0.4 is 10.1 Å². The van der Waals surface area contributed by atoms with E-state index in [2.05, 4.69) is 23.3 Å². The maximum absolute atomic E-state index is 6.16. The van der Waals surface area contributed by atoms with E-state index in [0.29, 0.717) is 12.0 Å². The molecule has 0 amide bonds. The van der Waals surface area contributed by atoms with Gasteiger partial charge in [-0.25, -0.2) is 0 Å². The summed E-state index contributed by atoms with van der Waals surface area (Å²) < 4.78 is 6.16. The zero-order chi connectivity index (χ0) is 13.1. The average Bonchev–Trinajstić information content (AvgIpc) is 3.24. The molecule has 0 aliphatic heterocycles. The standard InChI is InChI=1S/C16H24N2O/c1-12-4-2-3-5-16(12)19-15-8-9-17-14(10-15)11-18-13-6-7-13/h8-10,12-13,16,18H,2-7,11H2,1H3. The third-order valence-corrected chi connectivity index (χ3v) is 4.26. The molecule has 2 aliphatic rings. The zero-order valence-corrected chi connectivity index (χ0v) is 11.8. The summed E-state index contributed by atoms with van der Waals surface area (Å²) in [4.78, 5) is 4.41. The van der Waals surface area contributed by atoms with Crippen molar-refractivity contribution in [2.45, 2.75) is 64.1 Å². The van der Waals surface area contributed by atoms with E-state index in [1.54, 1.807) is 0 Å². The quantitative estimate of drug-likeness (QED) is 0.882. The normalized spacial score (nSPS) is 27.2. The van der Waals surface area contributed by atoms with Crippen molar-refractivity contribution < 1.29 is 4.74 Å². The molecule has 1 aromatic heterocycles. The van der Waals surface area contributed by atoms with Crippen molar-refractivity contribution in [2.75, 3.05) is 0 Å². The van der Waals surface area contributed by atoms with Gasteiger partial charge in [0.15, 0.2) is 0 Å². The highest BCUT2D eigenvalue weighted by Gasteiger charge is 2.23. The van der Waals surface area contributed by atoms with Crippen LogP contribution in [0.1, 0.15) is 51.1 Å². The average molecular weight is 260 g/mol. The van der Waals surface area contributed by atoms with Crippen LogP contribution in [0.2, 0.25) is 0 Å². The summed E-state index contributed by atoms with van der Waals surface area (Å²) in [5.41, 5.74) is 1.09. The van der Waals surface area contributed by atoms with E-state index in [1.165, 1.54) is 38.5 Å². The molecule has 2 fully saturated rings. The molecular weight excluding hydrogens is 236 g/mol. The molecule has 0 aromatic carbocycles. The van der Waals surface area contributed by atoms with Crippen LogP contribution in [0, 0.1) is 5.92 Å². The molecule has 2 unspecified atom stereocenters. The summed E-state index contributed by atoms with van der Waals surface area (Å²) in [5.74, 6) is 1.66. The van der Waals surface area contributed by atoms with E-state index < -0.39 is 0 Å². The predicted octanol–water partition coefficient (Wildman–Crippen LogP) is 3.29. The first-order chi connectivity index (χ1) is 9.31. The Labute approximate surface area is 115 Å². The second-order valence-electron chi connectivity index (χ2n) is 6.06. The van der Waals surface area contributed by atoms with Crippen LogP contribution in [0.3, 0.4) is 0 Å². The molecule has 0 spiro atoms. The van der Waals surface area contributed by atoms with E-state index in [9.17, 15) is 0 Å². The highest BCUT2D eigenvalue weighted by Crippen LogP contribution is 2.28. The van der Waals surface area contributed by atoms with Crippen LogP contribution in [0.25, 0.3) is 0 Å². The molecule has 0 saturated heterocycles. The fourth-order valence-corrected chi connectivity index (χ4v) is 2.79. The lowest BCUT2D eigenvalue weighted by Crippen LogP contribution is -2.28. The predicted molar refractivity (Wildman–Crippen MR) is 76.1 cm³/mol. The summed E-state index contributed by atoms with van der Waals surface area (Å²) >= 11 is 0. The Balaban J connectivity index is 1.58. The lowest BCUT2D eigenvalue weighted by molar-refractivity contribution is 0.102. The third kappa shape index (κ3) is 3.69. The minimum absolute atomic E-state index is 0.389. The van der Waals surface area contributed by atoms with Gasteiger partial charge in [0.2, 0.25) is 0 Å². The minimum Gasteiger partial charge on any atom is -0.490 e. The van der Waals surface area contributed by atoms with Gasteiger partial charge in [0, 0.05) is 24.8 Å². The van der Waals surface area contributed by atoms with Crippen LogP contribution in [-0.4, -0.2) is 17.1 Å². The van der Waals surface area contributed by atoms with E-state index in [-0.39, 0.29) is 0 Å². The Morgan fingerprint density at radius 3 is 2.89 bits per heavy atom. The molecular formula is C16H24N2O. The van der Waals surface area contributed by atoms with E-state index in [4.69, 9.17) is 4.74 Å². The summed E-state index contributed by atoms with van der Waals surface area (Å²) in [6.45, 7) is 3.17. The number of ether oxygens (including phenoxy) is 1. The number of rotatable bonds is 5. The van der Waals surface area contributed by atoms with Crippen LogP contribution in [0.15, 0.2) is 18.3 Å². The van der Waals surface area contributed by atoms with Crippen molar-refractivity contribution in [3.8, 4) is 5.75 Å². The van der Waals surface area contributed by atoms with Gasteiger partial charge in [-0.05, 0) is 44.1 Å². The fourth-order valence-electron chi connectivity index (χ4n) is 2.79. The summed E-state index contributed by atoms with van der Waals surface area (Å²) in [6, 6.07) is 4.81. The van der Waals surface area contributed by atoms with Gasteiger partial charge in [0.05, 0.1) is 5.69 Å². The topological polar surface area (TPSA) is 34.1 Å². The first kappa shape index (κ1) is 12.9. The van der Waals surface area contributed by atoms with Gasteiger partial charge < -0.3 is 10.1 Å². The Morgan fingerprint density at radius 1 is 1.26 bits per heavy atom. The summed E-state index contributed by atoms with van der Waals surface area (Å²) in [6.07, 6.45) is 10.0. The molecule has 19 heavy (non-hydrogen) atoms. The molecule has 1 heterocycles. The largest absolute Gasteiger partial charge is 0.490 e. The van der Waals surface area contributed by atoms with Crippen molar-refractivity contribution in [1.29, 1.82) is 0 Å². The Morgan fingerprint density at radius 2 is 2.11 bits per heavy atom. The van der Waals surface area contributed by atoms with Gasteiger partial charge in [-0.3, -0.25) is 4.98 Å². The number of pyridine rings is 1. The molecule has 104 valence electrons. The van der Waals surface area contributed by atoms with Gasteiger partial charge in [-0.2, -0.15) is 0 Å². The Hall–Kier alpha value is -1.09. The summed E-state index contributed by atoms with van der Waals surface area (Å²) in [7, 11) is 0. The van der Waals surface area contributed by atoms with Crippen LogP contribution in [0.5, 0.6) is 5.75 Å². The SMILES string of the molecule is CC1CCCCC1Oc1ccnc(CNC2CC2)c1. The number of nitrogens with one attached hydrogen (secondary N) is 1. The van der Waals surface area contributed by atoms with Gasteiger partial charge in [-0.15, -0.1) is 0 Å². The number of hydrogen-bond acceptors (Lipinski definition) is 3. The Bertz CT molecular complexity index is 417. The molecule has 0 radical (unpaired) electrons. The van der Waals surface area contributed by atoms with Crippen molar-refractivity contribution in [2.24, 2.45) is 5.92 Å². The number of aromatic nitrogens is 1. The minimum atomic E-state index is 0.389. The molecule has 3 nitrogen and oxygen atoms in total. The molecule has 0 bridgehead atoms.